The summed E-state index contributed by atoms with van der Waals surface area (Å²) in [6, 6.07) is 13.3. The van der Waals surface area contributed by atoms with E-state index in [1.165, 1.54) is 12.1 Å². The van der Waals surface area contributed by atoms with E-state index in [1.54, 1.807) is 24.3 Å². The number of hydrogen-bond acceptors (Lipinski definition) is 4. The van der Waals surface area contributed by atoms with Crippen molar-refractivity contribution in [3.05, 3.63) is 59.1 Å². The van der Waals surface area contributed by atoms with E-state index in [1.807, 2.05) is 12.1 Å². The summed E-state index contributed by atoms with van der Waals surface area (Å²) in [5, 5.41) is 3.39. The fourth-order valence-corrected chi connectivity index (χ4v) is 4.48. The van der Waals surface area contributed by atoms with Gasteiger partial charge in [0.2, 0.25) is 10.0 Å². The first-order chi connectivity index (χ1) is 13.4. The number of amides is 1. The highest BCUT2D eigenvalue weighted by Gasteiger charge is 2.22. The molecule has 2 N–H and O–H groups in total. The molecule has 2 aromatic carbocycles. The number of benzene rings is 2. The minimum absolute atomic E-state index is 0.0188. The van der Waals surface area contributed by atoms with Gasteiger partial charge in [0.15, 0.2) is 6.61 Å². The fraction of sp³-hybridized carbons (Fsp3) is 0.350. The smallest absolute Gasteiger partial charge is 0.258 e. The van der Waals surface area contributed by atoms with Crippen molar-refractivity contribution in [1.82, 2.24) is 10.0 Å². The summed E-state index contributed by atoms with van der Waals surface area (Å²) in [5.74, 6) is 0.163. The van der Waals surface area contributed by atoms with Gasteiger partial charge in [-0.2, -0.15) is 0 Å². The Morgan fingerprint density at radius 2 is 1.68 bits per heavy atom. The van der Waals surface area contributed by atoms with E-state index in [0.717, 1.165) is 31.2 Å². The summed E-state index contributed by atoms with van der Waals surface area (Å²) < 4.78 is 32.9. The van der Waals surface area contributed by atoms with Crippen LogP contribution in [0.2, 0.25) is 5.02 Å². The number of sulfonamides is 1. The molecule has 8 heteroatoms. The summed E-state index contributed by atoms with van der Waals surface area (Å²) in [7, 11) is -3.53. The standard InChI is InChI=1S/C20H23ClN2O4S/c21-16-7-5-15(6-8-16)13-22-20(24)14-27-18-9-11-19(12-10-18)28(25,26)23-17-3-1-2-4-17/h5-12,17,23H,1-4,13-14H2,(H,22,24). The van der Waals surface area contributed by atoms with Crippen molar-refractivity contribution in [1.29, 1.82) is 0 Å². The van der Waals surface area contributed by atoms with Gasteiger partial charge < -0.3 is 10.1 Å². The van der Waals surface area contributed by atoms with Crippen LogP contribution < -0.4 is 14.8 Å². The van der Waals surface area contributed by atoms with E-state index in [4.69, 9.17) is 16.3 Å². The van der Waals surface area contributed by atoms with Crippen LogP contribution in [0.1, 0.15) is 31.2 Å². The summed E-state index contributed by atoms with van der Waals surface area (Å²) in [4.78, 5) is 12.1. The molecule has 6 nitrogen and oxygen atoms in total. The third kappa shape index (κ3) is 5.95. The second-order valence-electron chi connectivity index (χ2n) is 6.77. The lowest BCUT2D eigenvalue weighted by molar-refractivity contribution is -0.123. The molecule has 28 heavy (non-hydrogen) atoms. The first kappa shape index (κ1) is 20.6. The topological polar surface area (TPSA) is 84.5 Å². The molecule has 0 aliphatic heterocycles. The van der Waals surface area contributed by atoms with Gasteiger partial charge in [-0.05, 0) is 54.8 Å². The zero-order valence-electron chi connectivity index (χ0n) is 15.4. The van der Waals surface area contributed by atoms with Gasteiger partial charge in [0.25, 0.3) is 5.91 Å². The summed E-state index contributed by atoms with van der Waals surface area (Å²) in [5.41, 5.74) is 0.932. The maximum Gasteiger partial charge on any atom is 0.258 e. The molecule has 0 spiro atoms. The molecule has 1 aliphatic rings. The lowest BCUT2D eigenvalue weighted by Crippen LogP contribution is -2.32. The van der Waals surface area contributed by atoms with Crippen LogP contribution >= 0.6 is 11.6 Å². The van der Waals surface area contributed by atoms with Gasteiger partial charge in [-0.3, -0.25) is 4.79 Å². The van der Waals surface area contributed by atoms with Crippen molar-refractivity contribution in [2.75, 3.05) is 6.61 Å². The van der Waals surface area contributed by atoms with Gasteiger partial charge in [-0.15, -0.1) is 0 Å². The fourth-order valence-electron chi connectivity index (χ4n) is 3.05. The molecule has 1 aliphatic carbocycles. The number of carbonyl (C=O) groups excluding carboxylic acids is 1. The van der Waals surface area contributed by atoms with Gasteiger partial charge in [-0.1, -0.05) is 36.6 Å². The monoisotopic (exact) mass is 422 g/mol. The van der Waals surface area contributed by atoms with Crippen LogP contribution in [0.25, 0.3) is 0 Å². The largest absolute Gasteiger partial charge is 0.484 e. The van der Waals surface area contributed by atoms with E-state index in [-0.39, 0.29) is 23.5 Å². The van der Waals surface area contributed by atoms with Gasteiger partial charge in [-0.25, -0.2) is 13.1 Å². The summed E-state index contributed by atoms with van der Waals surface area (Å²) in [6.07, 6.45) is 3.87. The molecule has 3 rings (SSSR count). The predicted molar refractivity (Wildman–Crippen MR) is 108 cm³/mol. The number of carbonyl (C=O) groups is 1. The zero-order chi connectivity index (χ0) is 20.0. The molecule has 0 unspecified atom stereocenters. The Hall–Kier alpha value is -2.09. The maximum atomic E-state index is 12.4. The second kappa shape index (κ2) is 9.41. The van der Waals surface area contributed by atoms with Crippen LogP contribution in [0.3, 0.4) is 0 Å². The minimum Gasteiger partial charge on any atom is -0.484 e. The zero-order valence-corrected chi connectivity index (χ0v) is 16.9. The Morgan fingerprint density at radius 1 is 1.04 bits per heavy atom. The molecular formula is C20H23ClN2O4S. The highest BCUT2D eigenvalue weighted by atomic mass is 35.5. The Morgan fingerprint density at radius 3 is 2.32 bits per heavy atom. The highest BCUT2D eigenvalue weighted by Crippen LogP contribution is 2.21. The van der Waals surface area contributed by atoms with Crippen molar-refractivity contribution < 1.29 is 17.9 Å². The highest BCUT2D eigenvalue weighted by molar-refractivity contribution is 7.89. The van der Waals surface area contributed by atoms with Gasteiger partial charge in [0.1, 0.15) is 5.75 Å². The molecule has 1 saturated carbocycles. The molecule has 0 atom stereocenters. The number of rotatable bonds is 8. The van der Waals surface area contributed by atoms with Crippen molar-refractivity contribution in [3.8, 4) is 5.75 Å². The van der Waals surface area contributed by atoms with Crippen LogP contribution in [0, 0.1) is 0 Å². The average molecular weight is 423 g/mol. The van der Waals surface area contributed by atoms with Gasteiger partial charge >= 0.3 is 0 Å². The molecule has 0 radical (unpaired) electrons. The Bertz CT molecular complexity index is 893. The van der Waals surface area contributed by atoms with E-state index < -0.39 is 10.0 Å². The Balaban J connectivity index is 1.47. The first-order valence-electron chi connectivity index (χ1n) is 9.19. The van der Waals surface area contributed by atoms with Crippen molar-refractivity contribution >= 4 is 27.5 Å². The van der Waals surface area contributed by atoms with Crippen LogP contribution in [0.5, 0.6) is 5.75 Å². The van der Waals surface area contributed by atoms with Crippen LogP contribution in [-0.4, -0.2) is 27.0 Å². The van der Waals surface area contributed by atoms with Gasteiger partial charge in [0, 0.05) is 17.6 Å². The lowest BCUT2D eigenvalue weighted by Gasteiger charge is -2.13. The van der Waals surface area contributed by atoms with Gasteiger partial charge in [0.05, 0.1) is 4.90 Å². The Labute approximate surface area is 170 Å². The normalized spacial score (nSPS) is 14.8. The quantitative estimate of drug-likeness (QED) is 0.683. The Kier molecular flexibility index (Phi) is 6.93. The second-order valence-corrected chi connectivity index (χ2v) is 8.92. The molecule has 150 valence electrons. The number of hydrogen-bond donors (Lipinski definition) is 2. The summed E-state index contributed by atoms with van der Waals surface area (Å²) >= 11 is 5.82. The lowest BCUT2D eigenvalue weighted by atomic mass is 10.2. The van der Waals surface area contributed by atoms with E-state index in [0.29, 0.717) is 17.3 Å². The first-order valence-corrected chi connectivity index (χ1v) is 11.0. The molecule has 0 aromatic heterocycles. The van der Waals surface area contributed by atoms with E-state index >= 15 is 0 Å². The molecule has 1 fully saturated rings. The summed E-state index contributed by atoms with van der Waals surface area (Å²) in [6.45, 7) is 0.226. The van der Waals surface area contributed by atoms with Crippen molar-refractivity contribution in [2.45, 2.75) is 43.2 Å². The molecule has 1 amide bonds. The third-order valence-corrected chi connectivity index (χ3v) is 6.37. The molecule has 0 saturated heterocycles. The van der Waals surface area contributed by atoms with Crippen LogP contribution in [0.15, 0.2) is 53.4 Å². The SMILES string of the molecule is O=C(COc1ccc(S(=O)(=O)NC2CCCC2)cc1)NCc1ccc(Cl)cc1. The molecule has 0 heterocycles. The van der Waals surface area contributed by atoms with E-state index in [2.05, 4.69) is 10.0 Å². The molecule has 0 bridgehead atoms. The van der Waals surface area contributed by atoms with Crippen LogP contribution in [0.4, 0.5) is 0 Å². The third-order valence-electron chi connectivity index (χ3n) is 4.58. The molecule has 2 aromatic rings. The number of halogens is 1. The maximum absolute atomic E-state index is 12.4. The predicted octanol–water partition coefficient (Wildman–Crippen LogP) is 3.26. The van der Waals surface area contributed by atoms with Crippen molar-refractivity contribution in [3.63, 3.8) is 0 Å². The average Bonchev–Trinajstić information content (AvgIpc) is 3.18. The van der Waals surface area contributed by atoms with Crippen LogP contribution in [-0.2, 0) is 21.4 Å². The minimum atomic E-state index is -3.53. The number of nitrogens with one attached hydrogen (secondary N) is 2. The van der Waals surface area contributed by atoms with Crippen molar-refractivity contribution in [2.24, 2.45) is 0 Å². The molecular weight excluding hydrogens is 400 g/mol. The number of ether oxygens (including phenoxy) is 1. The van der Waals surface area contributed by atoms with E-state index in [9.17, 15) is 13.2 Å².